The van der Waals surface area contributed by atoms with Crippen molar-refractivity contribution >= 4 is 11.9 Å². The fourth-order valence-electron chi connectivity index (χ4n) is 2.46. The van der Waals surface area contributed by atoms with Crippen molar-refractivity contribution in [3.63, 3.8) is 0 Å². The minimum Gasteiger partial charge on any atom is -0.493 e. The van der Waals surface area contributed by atoms with E-state index in [1.165, 1.54) is 7.11 Å². The quantitative estimate of drug-likeness (QED) is 0.884. The van der Waals surface area contributed by atoms with E-state index in [4.69, 9.17) is 14.6 Å². The van der Waals surface area contributed by atoms with Crippen LogP contribution in [0.4, 0.5) is 0 Å². The summed E-state index contributed by atoms with van der Waals surface area (Å²) in [6, 6.07) is 7.07. The first-order chi connectivity index (χ1) is 10.0. The fraction of sp³-hybridized carbons (Fsp3) is 0.467. The van der Waals surface area contributed by atoms with Crippen molar-refractivity contribution in [1.82, 2.24) is 4.90 Å². The normalized spacial score (nSPS) is 21.1. The highest BCUT2D eigenvalue weighted by molar-refractivity contribution is 5.80. The molecule has 0 spiro atoms. The van der Waals surface area contributed by atoms with Gasteiger partial charge in [-0.25, -0.2) is 0 Å². The van der Waals surface area contributed by atoms with E-state index < -0.39 is 11.9 Å². The third kappa shape index (κ3) is 3.45. The van der Waals surface area contributed by atoms with Crippen LogP contribution in [0.15, 0.2) is 24.3 Å². The molecule has 1 heterocycles. The predicted octanol–water partition coefficient (Wildman–Crippen LogP) is 1.25. The minimum atomic E-state index is -0.858. The summed E-state index contributed by atoms with van der Waals surface area (Å²) in [4.78, 5) is 24.7. The zero-order chi connectivity index (χ0) is 15.4. The lowest BCUT2D eigenvalue weighted by molar-refractivity contribution is -0.142. The van der Waals surface area contributed by atoms with Crippen molar-refractivity contribution in [2.45, 2.75) is 6.92 Å². The lowest BCUT2D eigenvalue weighted by atomic mass is 9.99. The van der Waals surface area contributed by atoms with Crippen molar-refractivity contribution in [2.75, 3.05) is 26.8 Å². The van der Waals surface area contributed by atoms with Crippen molar-refractivity contribution in [1.29, 1.82) is 0 Å². The Morgan fingerprint density at radius 2 is 1.95 bits per heavy atom. The van der Waals surface area contributed by atoms with Crippen molar-refractivity contribution in [3.05, 3.63) is 24.3 Å². The van der Waals surface area contributed by atoms with E-state index in [-0.39, 0.29) is 25.0 Å². The van der Waals surface area contributed by atoms with Crippen LogP contribution >= 0.6 is 0 Å². The number of aliphatic carboxylic acids is 1. The van der Waals surface area contributed by atoms with Gasteiger partial charge in [-0.15, -0.1) is 0 Å². The number of amides is 1. The van der Waals surface area contributed by atoms with Crippen LogP contribution in [-0.4, -0.2) is 48.7 Å². The summed E-state index contributed by atoms with van der Waals surface area (Å²) in [6.07, 6.45) is 0. The van der Waals surface area contributed by atoms with E-state index >= 15 is 0 Å². The Labute approximate surface area is 123 Å². The van der Waals surface area contributed by atoms with E-state index in [0.29, 0.717) is 18.0 Å². The molecule has 1 N–H and O–H groups in total. The SMILES string of the molecule is COc1ccccc1OCC(=O)N1C[C@@H](C)[C@H](C(=O)O)C1. The van der Waals surface area contributed by atoms with Gasteiger partial charge in [0.05, 0.1) is 13.0 Å². The molecule has 1 aliphatic heterocycles. The van der Waals surface area contributed by atoms with Crippen molar-refractivity contribution in [3.8, 4) is 11.5 Å². The zero-order valence-electron chi connectivity index (χ0n) is 12.1. The lowest BCUT2D eigenvalue weighted by Gasteiger charge is -2.17. The van der Waals surface area contributed by atoms with Gasteiger partial charge in [0, 0.05) is 13.1 Å². The Hall–Kier alpha value is -2.24. The summed E-state index contributed by atoms with van der Waals surface area (Å²) < 4.78 is 10.6. The Bertz CT molecular complexity index is 531. The Morgan fingerprint density at radius 1 is 1.29 bits per heavy atom. The summed E-state index contributed by atoms with van der Waals surface area (Å²) in [5, 5.41) is 9.07. The van der Waals surface area contributed by atoms with E-state index in [2.05, 4.69) is 0 Å². The Kier molecular flexibility index (Phi) is 4.67. The molecule has 2 atom stereocenters. The molecule has 1 aliphatic rings. The van der Waals surface area contributed by atoms with E-state index in [0.717, 1.165) is 0 Å². The van der Waals surface area contributed by atoms with Crippen molar-refractivity contribution < 1.29 is 24.2 Å². The summed E-state index contributed by atoms with van der Waals surface area (Å²) in [6.45, 7) is 2.41. The van der Waals surface area contributed by atoms with Gasteiger partial charge >= 0.3 is 5.97 Å². The molecule has 6 nitrogen and oxygen atoms in total. The van der Waals surface area contributed by atoms with Gasteiger partial charge in [0.25, 0.3) is 5.91 Å². The number of para-hydroxylation sites is 2. The smallest absolute Gasteiger partial charge is 0.308 e. The third-order valence-electron chi connectivity index (χ3n) is 3.70. The van der Waals surface area contributed by atoms with Gasteiger partial charge in [0.1, 0.15) is 0 Å². The van der Waals surface area contributed by atoms with Gasteiger partial charge in [0.2, 0.25) is 0 Å². The number of hydrogen-bond donors (Lipinski definition) is 1. The minimum absolute atomic E-state index is 0.0438. The second kappa shape index (κ2) is 6.47. The van der Waals surface area contributed by atoms with Crippen molar-refractivity contribution in [2.24, 2.45) is 11.8 Å². The summed E-state index contributed by atoms with van der Waals surface area (Å²) >= 11 is 0. The highest BCUT2D eigenvalue weighted by Crippen LogP contribution is 2.26. The van der Waals surface area contributed by atoms with E-state index in [1.54, 1.807) is 23.1 Å². The largest absolute Gasteiger partial charge is 0.493 e. The molecule has 0 unspecified atom stereocenters. The van der Waals surface area contributed by atoms with Gasteiger partial charge in [0.15, 0.2) is 18.1 Å². The molecule has 114 valence electrons. The first-order valence-electron chi connectivity index (χ1n) is 6.79. The maximum atomic E-state index is 12.1. The second-order valence-electron chi connectivity index (χ2n) is 5.16. The standard InChI is InChI=1S/C15H19NO5/c1-10-7-16(8-11(10)15(18)19)14(17)9-21-13-6-4-3-5-12(13)20-2/h3-6,10-11H,7-9H2,1-2H3,(H,18,19)/t10-,11-/m1/s1. The molecule has 1 fully saturated rings. The van der Waals surface area contributed by atoms with Crippen LogP contribution in [-0.2, 0) is 9.59 Å². The van der Waals surface area contributed by atoms with Gasteiger partial charge < -0.3 is 19.5 Å². The molecule has 6 heteroatoms. The number of benzene rings is 1. The molecule has 1 amide bonds. The first kappa shape index (κ1) is 15.2. The number of nitrogens with zero attached hydrogens (tertiary/aromatic N) is 1. The van der Waals surface area contributed by atoms with Crippen LogP contribution in [0, 0.1) is 11.8 Å². The van der Waals surface area contributed by atoms with Crippen LogP contribution in [0.1, 0.15) is 6.92 Å². The number of likely N-dealkylation sites (tertiary alicyclic amines) is 1. The number of ether oxygens (including phenoxy) is 2. The number of methoxy groups -OCH3 is 1. The number of rotatable bonds is 5. The molecular formula is C15H19NO5. The molecule has 0 aliphatic carbocycles. The summed E-state index contributed by atoms with van der Waals surface area (Å²) in [7, 11) is 1.53. The van der Waals surface area contributed by atoms with Crippen LogP contribution < -0.4 is 9.47 Å². The lowest BCUT2D eigenvalue weighted by Crippen LogP contribution is -2.33. The average Bonchev–Trinajstić information content (AvgIpc) is 2.87. The van der Waals surface area contributed by atoms with Crippen LogP contribution in [0.25, 0.3) is 0 Å². The molecule has 0 aromatic heterocycles. The van der Waals surface area contributed by atoms with Gasteiger partial charge in [-0.1, -0.05) is 19.1 Å². The molecule has 21 heavy (non-hydrogen) atoms. The topological polar surface area (TPSA) is 76.1 Å². The number of carboxylic acids is 1. The second-order valence-corrected chi connectivity index (χ2v) is 5.16. The molecule has 1 aromatic carbocycles. The maximum absolute atomic E-state index is 12.1. The molecule has 0 radical (unpaired) electrons. The first-order valence-corrected chi connectivity index (χ1v) is 6.79. The maximum Gasteiger partial charge on any atom is 0.308 e. The molecule has 0 bridgehead atoms. The van der Waals surface area contributed by atoms with E-state index in [9.17, 15) is 9.59 Å². The molecule has 0 saturated carbocycles. The fourth-order valence-corrected chi connectivity index (χ4v) is 2.46. The number of hydrogen-bond acceptors (Lipinski definition) is 4. The predicted molar refractivity (Wildman–Crippen MR) is 75.4 cm³/mol. The number of carboxylic acid groups (broad SMARTS) is 1. The highest BCUT2D eigenvalue weighted by Gasteiger charge is 2.36. The van der Waals surface area contributed by atoms with Crippen LogP contribution in [0.2, 0.25) is 0 Å². The highest BCUT2D eigenvalue weighted by atomic mass is 16.5. The zero-order valence-corrected chi connectivity index (χ0v) is 12.1. The molecule has 1 aromatic rings. The summed E-state index contributed by atoms with van der Waals surface area (Å²) in [5.74, 6) is -0.559. The van der Waals surface area contributed by atoms with Gasteiger partial charge in [-0.2, -0.15) is 0 Å². The molecule has 1 saturated heterocycles. The molecular weight excluding hydrogens is 274 g/mol. The number of carbonyl (C=O) groups excluding carboxylic acids is 1. The molecule has 2 rings (SSSR count). The Morgan fingerprint density at radius 3 is 2.52 bits per heavy atom. The monoisotopic (exact) mass is 293 g/mol. The van der Waals surface area contributed by atoms with Crippen LogP contribution in [0.5, 0.6) is 11.5 Å². The van der Waals surface area contributed by atoms with Gasteiger partial charge in [-0.05, 0) is 18.1 Å². The van der Waals surface area contributed by atoms with Gasteiger partial charge in [-0.3, -0.25) is 9.59 Å². The third-order valence-corrected chi connectivity index (χ3v) is 3.70. The summed E-state index contributed by atoms with van der Waals surface area (Å²) in [5.41, 5.74) is 0. The number of carbonyl (C=O) groups is 2. The Balaban J connectivity index is 1.92. The van der Waals surface area contributed by atoms with E-state index in [1.807, 2.05) is 13.0 Å². The van der Waals surface area contributed by atoms with Crippen LogP contribution in [0.3, 0.4) is 0 Å². The average molecular weight is 293 g/mol.